The largest absolute Gasteiger partial charge is 0.506 e. The zero-order chi connectivity index (χ0) is 23.0. The Hall–Kier alpha value is -2.99. The van der Waals surface area contributed by atoms with Crippen molar-refractivity contribution in [3.8, 4) is 5.75 Å². The van der Waals surface area contributed by atoms with E-state index >= 15 is 0 Å². The van der Waals surface area contributed by atoms with Crippen molar-refractivity contribution < 1.29 is 33.3 Å². The van der Waals surface area contributed by atoms with Gasteiger partial charge in [-0.1, -0.05) is 12.1 Å². The second-order valence-corrected chi connectivity index (χ2v) is 7.04. The lowest BCUT2D eigenvalue weighted by atomic mass is 10.3. The maximum absolute atomic E-state index is 14.7. The van der Waals surface area contributed by atoms with Crippen LogP contribution in [-0.2, 0) is 23.8 Å². The van der Waals surface area contributed by atoms with Gasteiger partial charge >= 0.3 is 17.6 Å². The Bertz CT molecular complexity index is 985. The molecule has 2 N–H and O–H groups in total. The number of rotatable bonds is 10. The Morgan fingerprint density at radius 2 is 1.90 bits per heavy atom. The van der Waals surface area contributed by atoms with Gasteiger partial charge in [0.2, 0.25) is 0 Å². The van der Waals surface area contributed by atoms with Gasteiger partial charge in [0.25, 0.3) is 0 Å². The molecular formula is C19H21BrFN3O7. The number of phenolic OH excluding ortho intramolecular Hbond substituents is 1. The summed E-state index contributed by atoms with van der Waals surface area (Å²) in [6, 6.07) is 6.33. The molecular weight excluding hydrogens is 481 g/mol. The number of alkyl halides is 1. The van der Waals surface area contributed by atoms with E-state index in [1.165, 1.54) is 19.2 Å². The number of esters is 2. The maximum atomic E-state index is 14.7. The molecule has 2 rings (SSSR count). The molecule has 1 heterocycles. The average Bonchev–Trinajstić information content (AvgIpc) is 2.70. The minimum Gasteiger partial charge on any atom is -0.506 e. The van der Waals surface area contributed by atoms with Gasteiger partial charge < -0.3 is 24.6 Å². The minimum atomic E-state index is -1.91. The zero-order valence-corrected chi connectivity index (χ0v) is 18.3. The highest BCUT2D eigenvalue weighted by molar-refractivity contribution is 9.10. The normalized spacial score (nSPS) is 12.6. The molecule has 0 bridgehead atoms. The lowest BCUT2D eigenvalue weighted by Crippen LogP contribution is -2.36. The number of para-hydroxylation sites is 2. The summed E-state index contributed by atoms with van der Waals surface area (Å²) >= 11 is 3.24. The van der Waals surface area contributed by atoms with Gasteiger partial charge in [-0.25, -0.2) is 9.18 Å². The fourth-order valence-corrected chi connectivity index (χ4v) is 2.82. The molecule has 2 aromatic rings. The van der Waals surface area contributed by atoms with Gasteiger partial charge in [-0.3, -0.25) is 14.2 Å². The van der Waals surface area contributed by atoms with Crippen LogP contribution in [0.15, 0.2) is 39.7 Å². The number of nitrogens with zero attached hydrogens (tertiary/aromatic N) is 2. The molecule has 1 unspecified atom stereocenters. The molecule has 0 saturated carbocycles. The predicted molar refractivity (Wildman–Crippen MR) is 111 cm³/mol. The molecule has 0 radical (unpaired) electrons. The first-order chi connectivity index (χ1) is 14.7. The van der Waals surface area contributed by atoms with E-state index in [9.17, 15) is 23.9 Å². The van der Waals surface area contributed by atoms with Crippen molar-refractivity contribution in [2.75, 3.05) is 25.1 Å². The number of anilines is 2. The Labute approximate surface area is 185 Å². The number of halogens is 2. The van der Waals surface area contributed by atoms with E-state index in [-0.39, 0.29) is 29.3 Å². The topological polar surface area (TPSA) is 129 Å². The van der Waals surface area contributed by atoms with E-state index in [1.807, 2.05) is 0 Å². The van der Waals surface area contributed by atoms with Gasteiger partial charge in [0, 0.05) is 20.0 Å². The first kappa shape index (κ1) is 24.3. The molecule has 0 aliphatic rings. The van der Waals surface area contributed by atoms with Crippen molar-refractivity contribution in [1.29, 1.82) is 0 Å². The van der Waals surface area contributed by atoms with Crippen LogP contribution < -0.4 is 11.0 Å². The molecule has 10 nitrogen and oxygen atoms in total. The molecule has 1 aromatic heterocycles. The van der Waals surface area contributed by atoms with Crippen molar-refractivity contribution in [1.82, 2.24) is 9.55 Å². The number of ether oxygens (including phenoxy) is 3. The van der Waals surface area contributed by atoms with Crippen molar-refractivity contribution >= 4 is 39.4 Å². The van der Waals surface area contributed by atoms with E-state index in [4.69, 9.17) is 9.47 Å². The van der Waals surface area contributed by atoms with E-state index < -0.39 is 36.6 Å². The summed E-state index contributed by atoms with van der Waals surface area (Å²) in [5, 5.41) is 12.7. The molecule has 12 heteroatoms. The summed E-state index contributed by atoms with van der Waals surface area (Å²) < 4.78 is 30.7. The number of carbonyl (C=O) groups excluding carboxylic acids is 2. The monoisotopic (exact) mass is 501 g/mol. The Morgan fingerprint density at radius 1 is 1.23 bits per heavy atom. The third-order valence-electron chi connectivity index (χ3n) is 3.77. The van der Waals surface area contributed by atoms with Crippen LogP contribution in [0.25, 0.3) is 0 Å². The number of carbonyl (C=O) groups is 2. The van der Waals surface area contributed by atoms with Crippen molar-refractivity contribution in [2.45, 2.75) is 26.2 Å². The second-order valence-electron chi connectivity index (χ2n) is 6.19. The lowest BCUT2D eigenvalue weighted by molar-refractivity contribution is -0.151. The molecule has 2 atom stereocenters. The summed E-state index contributed by atoms with van der Waals surface area (Å²) in [5.74, 6) is -1.22. The highest BCUT2D eigenvalue weighted by atomic mass is 79.9. The number of aromatic hydroxyl groups is 1. The lowest BCUT2D eigenvalue weighted by Gasteiger charge is -2.24. The number of nitrogens with one attached hydrogen (secondary N) is 1. The van der Waals surface area contributed by atoms with Crippen LogP contribution in [0.3, 0.4) is 0 Å². The number of phenols is 1. The SMILES string of the molecule is CC(=O)OCCO[C@H](C(F)COC(C)=O)n1cc(Br)c(Nc2ccccc2O)nc1=O. The summed E-state index contributed by atoms with van der Waals surface area (Å²) in [4.78, 5) is 38.3. The van der Waals surface area contributed by atoms with Crippen LogP contribution >= 0.6 is 15.9 Å². The number of benzene rings is 1. The molecule has 0 spiro atoms. The number of hydrogen-bond donors (Lipinski definition) is 2. The average molecular weight is 502 g/mol. The molecule has 0 aliphatic carbocycles. The minimum absolute atomic E-state index is 0.0581. The number of aromatic nitrogens is 2. The Morgan fingerprint density at radius 3 is 2.55 bits per heavy atom. The molecule has 0 amide bonds. The Kier molecular flexibility index (Phi) is 8.94. The van der Waals surface area contributed by atoms with Crippen LogP contribution in [0.2, 0.25) is 0 Å². The van der Waals surface area contributed by atoms with E-state index in [0.717, 1.165) is 11.5 Å². The van der Waals surface area contributed by atoms with E-state index in [0.29, 0.717) is 5.69 Å². The van der Waals surface area contributed by atoms with E-state index in [1.54, 1.807) is 18.2 Å². The van der Waals surface area contributed by atoms with Crippen LogP contribution in [0.1, 0.15) is 20.1 Å². The van der Waals surface area contributed by atoms with Crippen LogP contribution in [-0.4, -0.2) is 52.6 Å². The molecule has 31 heavy (non-hydrogen) atoms. The second kappa shape index (κ2) is 11.4. The summed E-state index contributed by atoms with van der Waals surface area (Å²) in [5.41, 5.74) is -0.565. The molecule has 168 valence electrons. The van der Waals surface area contributed by atoms with Crippen molar-refractivity contribution in [2.24, 2.45) is 0 Å². The van der Waals surface area contributed by atoms with Crippen LogP contribution in [0, 0.1) is 0 Å². The van der Waals surface area contributed by atoms with Crippen LogP contribution in [0.4, 0.5) is 15.9 Å². The van der Waals surface area contributed by atoms with Gasteiger partial charge in [0.05, 0.1) is 16.8 Å². The third kappa shape index (κ3) is 7.33. The zero-order valence-electron chi connectivity index (χ0n) is 16.7. The van der Waals surface area contributed by atoms with E-state index in [2.05, 4.69) is 31.0 Å². The summed E-state index contributed by atoms with van der Waals surface area (Å²) in [6.07, 6.45) is -2.18. The first-order valence-corrected chi connectivity index (χ1v) is 9.84. The predicted octanol–water partition coefficient (Wildman–Crippen LogP) is 2.43. The summed E-state index contributed by atoms with van der Waals surface area (Å²) in [6.45, 7) is 1.29. The van der Waals surface area contributed by atoms with Crippen LogP contribution in [0.5, 0.6) is 5.75 Å². The van der Waals surface area contributed by atoms with Gasteiger partial charge in [-0.2, -0.15) is 4.98 Å². The van der Waals surface area contributed by atoms with Gasteiger partial charge in [-0.05, 0) is 28.1 Å². The third-order valence-corrected chi connectivity index (χ3v) is 4.35. The quantitative estimate of drug-likeness (QED) is 0.286. The van der Waals surface area contributed by atoms with Crippen molar-refractivity contribution in [3.05, 3.63) is 45.4 Å². The summed E-state index contributed by atoms with van der Waals surface area (Å²) in [7, 11) is 0. The Balaban J connectivity index is 2.27. The highest BCUT2D eigenvalue weighted by Gasteiger charge is 2.27. The fraction of sp³-hybridized carbons (Fsp3) is 0.368. The smallest absolute Gasteiger partial charge is 0.351 e. The van der Waals surface area contributed by atoms with Gasteiger partial charge in [0.1, 0.15) is 19.0 Å². The molecule has 1 aromatic carbocycles. The highest BCUT2D eigenvalue weighted by Crippen LogP contribution is 2.29. The molecule has 0 fully saturated rings. The van der Waals surface area contributed by atoms with Crippen molar-refractivity contribution in [3.63, 3.8) is 0 Å². The fourth-order valence-electron chi connectivity index (χ4n) is 2.41. The van der Waals surface area contributed by atoms with Gasteiger partial charge in [0.15, 0.2) is 18.2 Å². The maximum Gasteiger partial charge on any atom is 0.351 e. The standard InChI is InChI=1S/C19H21BrFN3O7/c1-11(25)29-7-8-30-18(14(21)10-31-12(2)26)24-9-13(20)17(23-19(24)28)22-15-5-3-4-6-16(15)27/h3-6,9,14,18,27H,7-8,10H2,1-2H3,(H,22,23,28)/t14?,18-/m1/s1. The number of hydrogen-bond acceptors (Lipinski definition) is 9. The molecule has 0 saturated heterocycles. The first-order valence-electron chi connectivity index (χ1n) is 9.05. The van der Waals surface area contributed by atoms with Gasteiger partial charge in [-0.15, -0.1) is 0 Å². The molecule has 0 aliphatic heterocycles.